The highest BCUT2D eigenvalue weighted by molar-refractivity contribution is 5.81. The highest BCUT2D eigenvalue weighted by Crippen LogP contribution is 2.47. The summed E-state index contributed by atoms with van der Waals surface area (Å²) >= 11 is 0. The van der Waals surface area contributed by atoms with Crippen LogP contribution in [0, 0.1) is 5.41 Å². The lowest BCUT2D eigenvalue weighted by molar-refractivity contribution is -0.147. The standard InChI is InChI=1S/C13H17NO2/c1-9-13(14,10-7-5-4-6-8-10)12(2,3)11(15)16-9/h4-9H,14H2,1-3H3. The summed E-state index contributed by atoms with van der Waals surface area (Å²) in [6, 6.07) is 9.67. The number of benzene rings is 1. The maximum absolute atomic E-state index is 11.8. The van der Waals surface area contributed by atoms with E-state index in [0.29, 0.717) is 0 Å². The summed E-state index contributed by atoms with van der Waals surface area (Å²) in [7, 11) is 0. The summed E-state index contributed by atoms with van der Waals surface area (Å²) < 4.78 is 5.28. The van der Waals surface area contributed by atoms with Gasteiger partial charge in [0.05, 0.1) is 11.0 Å². The Hall–Kier alpha value is -1.35. The third-order valence-electron chi connectivity index (χ3n) is 3.72. The van der Waals surface area contributed by atoms with E-state index in [4.69, 9.17) is 10.5 Å². The molecule has 2 unspecified atom stereocenters. The topological polar surface area (TPSA) is 52.3 Å². The Morgan fingerprint density at radius 2 is 1.81 bits per heavy atom. The smallest absolute Gasteiger partial charge is 0.314 e. The van der Waals surface area contributed by atoms with Crippen LogP contribution in [0.2, 0.25) is 0 Å². The van der Waals surface area contributed by atoms with Crippen molar-refractivity contribution in [2.24, 2.45) is 11.1 Å². The highest BCUT2D eigenvalue weighted by Gasteiger charge is 2.59. The van der Waals surface area contributed by atoms with Gasteiger partial charge in [0.25, 0.3) is 0 Å². The van der Waals surface area contributed by atoms with Gasteiger partial charge in [0.1, 0.15) is 6.10 Å². The minimum absolute atomic E-state index is 0.230. The van der Waals surface area contributed by atoms with Crippen LogP contribution in [0.4, 0.5) is 0 Å². The van der Waals surface area contributed by atoms with Crippen LogP contribution in [0.15, 0.2) is 30.3 Å². The van der Waals surface area contributed by atoms with Crippen molar-refractivity contribution in [3.63, 3.8) is 0 Å². The first-order chi connectivity index (χ1) is 7.40. The maximum atomic E-state index is 11.8. The second-order valence-corrected chi connectivity index (χ2v) is 4.91. The predicted molar refractivity (Wildman–Crippen MR) is 61.6 cm³/mol. The summed E-state index contributed by atoms with van der Waals surface area (Å²) in [5, 5.41) is 0. The molecule has 1 fully saturated rings. The fourth-order valence-corrected chi connectivity index (χ4v) is 2.39. The van der Waals surface area contributed by atoms with Gasteiger partial charge in [-0.25, -0.2) is 0 Å². The van der Waals surface area contributed by atoms with Crippen LogP contribution in [-0.2, 0) is 15.1 Å². The first kappa shape index (κ1) is 11.1. The number of carbonyl (C=O) groups excluding carboxylic acids is 1. The van der Waals surface area contributed by atoms with Crippen LogP contribution in [0.5, 0.6) is 0 Å². The zero-order chi connectivity index (χ0) is 12.0. The molecule has 16 heavy (non-hydrogen) atoms. The van der Waals surface area contributed by atoms with E-state index < -0.39 is 11.0 Å². The van der Waals surface area contributed by atoms with Gasteiger partial charge >= 0.3 is 5.97 Å². The van der Waals surface area contributed by atoms with Gasteiger partial charge in [-0.2, -0.15) is 0 Å². The van der Waals surface area contributed by atoms with E-state index in [1.54, 1.807) is 0 Å². The lowest BCUT2D eigenvalue weighted by Gasteiger charge is -2.36. The average molecular weight is 219 g/mol. The number of ether oxygens (including phenoxy) is 1. The molecule has 3 nitrogen and oxygen atoms in total. The second kappa shape index (κ2) is 3.32. The number of carbonyl (C=O) groups is 1. The van der Waals surface area contributed by atoms with Crippen molar-refractivity contribution in [3.8, 4) is 0 Å². The summed E-state index contributed by atoms with van der Waals surface area (Å²) in [6.45, 7) is 5.53. The number of hydrogen-bond donors (Lipinski definition) is 1. The van der Waals surface area contributed by atoms with Gasteiger partial charge < -0.3 is 10.5 Å². The highest BCUT2D eigenvalue weighted by atomic mass is 16.6. The molecule has 0 saturated carbocycles. The fourth-order valence-electron chi connectivity index (χ4n) is 2.39. The number of esters is 1. The van der Waals surface area contributed by atoms with E-state index in [-0.39, 0.29) is 12.1 Å². The molecule has 2 N–H and O–H groups in total. The maximum Gasteiger partial charge on any atom is 0.314 e. The van der Waals surface area contributed by atoms with Crippen LogP contribution >= 0.6 is 0 Å². The van der Waals surface area contributed by atoms with Gasteiger partial charge in [-0.05, 0) is 26.3 Å². The molecular formula is C13H17NO2. The summed E-state index contributed by atoms with van der Waals surface area (Å²) in [5.74, 6) is -0.230. The zero-order valence-electron chi connectivity index (χ0n) is 9.86. The summed E-state index contributed by atoms with van der Waals surface area (Å²) in [6.07, 6.45) is -0.308. The van der Waals surface area contributed by atoms with E-state index in [2.05, 4.69) is 0 Å². The molecular weight excluding hydrogens is 202 g/mol. The van der Waals surface area contributed by atoms with Gasteiger partial charge in [0.15, 0.2) is 0 Å². The van der Waals surface area contributed by atoms with E-state index >= 15 is 0 Å². The average Bonchev–Trinajstić information content (AvgIpc) is 2.42. The third-order valence-corrected chi connectivity index (χ3v) is 3.72. The third kappa shape index (κ3) is 1.21. The molecule has 1 saturated heterocycles. The van der Waals surface area contributed by atoms with Crippen LogP contribution in [0.3, 0.4) is 0 Å². The fraction of sp³-hybridized carbons (Fsp3) is 0.462. The molecule has 2 rings (SSSR count). The molecule has 1 aliphatic rings. The Morgan fingerprint density at radius 1 is 1.25 bits per heavy atom. The summed E-state index contributed by atoms with van der Waals surface area (Å²) in [4.78, 5) is 11.8. The molecule has 1 heterocycles. The number of hydrogen-bond acceptors (Lipinski definition) is 3. The molecule has 0 amide bonds. The van der Waals surface area contributed by atoms with Crippen LogP contribution in [-0.4, -0.2) is 12.1 Å². The van der Waals surface area contributed by atoms with Crippen molar-refractivity contribution in [2.45, 2.75) is 32.4 Å². The quantitative estimate of drug-likeness (QED) is 0.733. The molecule has 1 aromatic carbocycles. The second-order valence-electron chi connectivity index (χ2n) is 4.91. The van der Waals surface area contributed by atoms with Crippen LogP contribution < -0.4 is 5.73 Å². The molecule has 3 heteroatoms. The molecule has 0 radical (unpaired) electrons. The van der Waals surface area contributed by atoms with Crippen molar-refractivity contribution in [1.29, 1.82) is 0 Å². The molecule has 2 atom stereocenters. The summed E-state index contributed by atoms with van der Waals surface area (Å²) in [5.41, 5.74) is 5.93. The predicted octanol–water partition coefficient (Wildman–Crippen LogP) is 1.81. The molecule has 0 bridgehead atoms. The number of cyclic esters (lactones) is 1. The Balaban J connectivity index is 2.56. The molecule has 0 spiro atoms. The van der Waals surface area contributed by atoms with Crippen molar-refractivity contribution in [1.82, 2.24) is 0 Å². The van der Waals surface area contributed by atoms with Gasteiger partial charge in [0.2, 0.25) is 0 Å². The Bertz CT molecular complexity index is 413. The van der Waals surface area contributed by atoms with Crippen molar-refractivity contribution in [2.75, 3.05) is 0 Å². The van der Waals surface area contributed by atoms with Gasteiger partial charge in [0, 0.05) is 0 Å². The molecule has 1 aliphatic heterocycles. The van der Waals surface area contributed by atoms with Crippen LogP contribution in [0.25, 0.3) is 0 Å². The van der Waals surface area contributed by atoms with Crippen molar-refractivity contribution < 1.29 is 9.53 Å². The monoisotopic (exact) mass is 219 g/mol. The normalized spacial score (nSPS) is 32.5. The Kier molecular flexibility index (Phi) is 2.31. The lowest BCUT2D eigenvalue weighted by Crippen LogP contribution is -2.53. The molecule has 1 aromatic rings. The Morgan fingerprint density at radius 3 is 2.25 bits per heavy atom. The van der Waals surface area contributed by atoms with Gasteiger partial charge in [-0.3, -0.25) is 4.79 Å². The molecule has 0 aliphatic carbocycles. The first-order valence-electron chi connectivity index (χ1n) is 5.46. The molecule has 0 aromatic heterocycles. The Labute approximate surface area is 95.6 Å². The number of rotatable bonds is 1. The van der Waals surface area contributed by atoms with Crippen molar-refractivity contribution in [3.05, 3.63) is 35.9 Å². The van der Waals surface area contributed by atoms with Gasteiger partial charge in [-0.15, -0.1) is 0 Å². The van der Waals surface area contributed by atoms with Crippen molar-refractivity contribution >= 4 is 5.97 Å². The first-order valence-corrected chi connectivity index (χ1v) is 5.46. The van der Waals surface area contributed by atoms with E-state index in [9.17, 15) is 4.79 Å². The minimum Gasteiger partial charge on any atom is -0.460 e. The van der Waals surface area contributed by atoms with Gasteiger partial charge in [-0.1, -0.05) is 30.3 Å². The minimum atomic E-state index is -0.759. The zero-order valence-corrected chi connectivity index (χ0v) is 9.86. The lowest BCUT2D eigenvalue weighted by atomic mass is 9.68. The van der Waals surface area contributed by atoms with E-state index in [1.165, 1.54) is 0 Å². The largest absolute Gasteiger partial charge is 0.460 e. The SMILES string of the molecule is CC1OC(=O)C(C)(C)C1(N)c1ccccc1. The molecule has 86 valence electrons. The number of nitrogens with two attached hydrogens (primary N) is 1. The van der Waals surface area contributed by atoms with Crippen LogP contribution in [0.1, 0.15) is 26.3 Å². The van der Waals surface area contributed by atoms with E-state index in [0.717, 1.165) is 5.56 Å². The van der Waals surface area contributed by atoms with E-state index in [1.807, 2.05) is 51.1 Å².